The van der Waals surface area contributed by atoms with Gasteiger partial charge in [-0.05, 0) is 24.6 Å². The Morgan fingerprint density at radius 1 is 1.24 bits per heavy atom. The Bertz CT molecular complexity index is 727. The normalized spacial score (nSPS) is 25.0. The van der Waals surface area contributed by atoms with Gasteiger partial charge >= 0.3 is 0 Å². The van der Waals surface area contributed by atoms with E-state index in [1.807, 2.05) is 18.2 Å². The number of pyridine rings is 1. The monoisotopic (exact) mass is 339 g/mol. The van der Waals surface area contributed by atoms with Gasteiger partial charge < -0.3 is 14.5 Å². The number of carbonyl (C=O) groups is 1. The highest BCUT2D eigenvalue weighted by atomic mass is 16.5. The fourth-order valence-corrected chi connectivity index (χ4v) is 3.65. The molecule has 2 aliphatic rings. The molecule has 0 radical (unpaired) electrons. The molecule has 7 nitrogen and oxygen atoms in total. The third-order valence-electron chi connectivity index (χ3n) is 4.86. The number of carbonyl (C=O) groups excluding carboxylic acids is 1. The molecule has 0 unspecified atom stereocenters. The van der Waals surface area contributed by atoms with Crippen LogP contribution in [0.1, 0.15) is 18.5 Å². The van der Waals surface area contributed by atoms with Crippen LogP contribution in [0.3, 0.4) is 0 Å². The van der Waals surface area contributed by atoms with Gasteiger partial charge in [-0.25, -0.2) is 9.97 Å². The van der Waals surface area contributed by atoms with E-state index in [1.165, 1.54) is 0 Å². The number of anilines is 1. The number of hydrogen-bond donors (Lipinski definition) is 0. The minimum atomic E-state index is -0.407. The minimum absolute atomic E-state index is 0.00832. The molecular formula is C18H21N5O2. The fourth-order valence-electron chi connectivity index (χ4n) is 3.65. The molecule has 7 heteroatoms. The van der Waals surface area contributed by atoms with E-state index >= 15 is 0 Å². The number of amides is 1. The molecule has 25 heavy (non-hydrogen) atoms. The van der Waals surface area contributed by atoms with Gasteiger partial charge in [-0.15, -0.1) is 0 Å². The van der Waals surface area contributed by atoms with Crippen LogP contribution >= 0.6 is 0 Å². The lowest BCUT2D eigenvalue weighted by Gasteiger charge is -2.23. The van der Waals surface area contributed by atoms with Crippen molar-refractivity contribution in [1.29, 1.82) is 0 Å². The van der Waals surface area contributed by atoms with Gasteiger partial charge in [0, 0.05) is 38.6 Å². The first-order valence-electron chi connectivity index (χ1n) is 8.56. The van der Waals surface area contributed by atoms with Crippen LogP contribution in [0, 0.1) is 0 Å². The summed E-state index contributed by atoms with van der Waals surface area (Å²) in [4.78, 5) is 29.6. The average Bonchev–Trinajstić information content (AvgIpc) is 3.23. The molecule has 3 atom stereocenters. The number of likely N-dealkylation sites (N-methyl/N-ethyl adjacent to an activating group) is 1. The zero-order chi connectivity index (χ0) is 17.2. The van der Waals surface area contributed by atoms with Crippen molar-refractivity contribution in [2.24, 2.45) is 0 Å². The Hall–Kier alpha value is -2.54. The van der Waals surface area contributed by atoms with E-state index in [0.29, 0.717) is 18.9 Å². The van der Waals surface area contributed by atoms with Crippen molar-refractivity contribution in [3.8, 4) is 0 Å². The molecule has 0 N–H and O–H groups in total. The van der Waals surface area contributed by atoms with E-state index in [1.54, 1.807) is 36.6 Å². The first-order valence-corrected chi connectivity index (χ1v) is 8.56. The summed E-state index contributed by atoms with van der Waals surface area (Å²) in [6, 6.07) is 7.69. The van der Waals surface area contributed by atoms with Crippen molar-refractivity contribution >= 4 is 11.9 Å². The van der Waals surface area contributed by atoms with Gasteiger partial charge in [-0.2, -0.15) is 0 Å². The maximum Gasteiger partial charge on any atom is 0.251 e. The zero-order valence-corrected chi connectivity index (χ0v) is 14.2. The lowest BCUT2D eigenvalue weighted by Crippen LogP contribution is -2.38. The summed E-state index contributed by atoms with van der Waals surface area (Å²) in [5, 5.41) is 0. The highest BCUT2D eigenvalue weighted by Crippen LogP contribution is 2.35. The summed E-state index contributed by atoms with van der Waals surface area (Å²) >= 11 is 0. The minimum Gasteiger partial charge on any atom is -0.363 e. The molecule has 4 heterocycles. The lowest BCUT2D eigenvalue weighted by molar-refractivity contribution is -0.142. The predicted molar refractivity (Wildman–Crippen MR) is 91.8 cm³/mol. The lowest BCUT2D eigenvalue weighted by atomic mass is 10.1. The zero-order valence-electron chi connectivity index (χ0n) is 14.2. The largest absolute Gasteiger partial charge is 0.363 e. The van der Waals surface area contributed by atoms with Gasteiger partial charge in [-0.1, -0.05) is 6.07 Å². The number of rotatable bonds is 4. The van der Waals surface area contributed by atoms with Crippen molar-refractivity contribution < 1.29 is 9.53 Å². The van der Waals surface area contributed by atoms with Crippen molar-refractivity contribution in [2.45, 2.75) is 37.6 Å². The van der Waals surface area contributed by atoms with E-state index in [2.05, 4.69) is 19.9 Å². The molecule has 0 aromatic carbocycles. The number of aromatic nitrogens is 3. The van der Waals surface area contributed by atoms with E-state index in [9.17, 15) is 4.79 Å². The second-order valence-corrected chi connectivity index (χ2v) is 6.51. The first-order chi connectivity index (χ1) is 12.2. The number of hydrogen-bond acceptors (Lipinski definition) is 6. The molecule has 2 saturated heterocycles. The summed E-state index contributed by atoms with van der Waals surface area (Å²) in [6.07, 6.45) is 6.47. The van der Waals surface area contributed by atoms with Crippen molar-refractivity contribution in [2.75, 3.05) is 18.5 Å². The van der Waals surface area contributed by atoms with Crippen LogP contribution in [0.2, 0.25) is 0 Å². The summed E-state index contributed by atoms with van der Waals surface area (Å²) < 4.78 is 6.05. The van der Waals surface area contributed by atoms with Crippen LogP contribution in [0.5, 0.6) is 0 Å². The summed E-state index contributed by atoms with van der Waals surface area (Å²) in [6.45, 7) is 1.35. The highest BCUT2D eigenvalue weighted by molar-refractivity contribution is 5.81. The summed E-state index contributed by atoms with van der Waals surface area (Å²) in [5.74, 6) is 0.725. The maximum atomic E-state index is 12.7. The Morgan fingerprint density at radius 3 is 2.80 bits per heavy atom. The summed E-state index contributed by atoms with van der Waals surface area (Å²) in [7, 11) is 1.80. The standard InChI is InChI=1S/C18H21N5O2/c1-22(12-13-5-2-3-7-19-13)17(24)16-11-14-15(25-16)6-10-23(14)18-20-8-4-9-21-18/h2-5,7-9,14-16H,6,10-12H2,1H3/t14-,15-,16-/m0/s1. The van der Waals surface area contributed by atoms with Gasteiger partial charge in [0.15, 0.2) is 0 Å². The third-order valence-corrected chi connectivity index (χ3v) is 4.86. The fraction of sp³-hybridized carbons (Fsp3) is 0.444. The quantitative estimate of drug-likeness (QED) is 0.835. The maximum absolute atomic E-state index is 12.7. The second-order valence-electron chi connectivity index (χ2n) is 6.51. The van der Waals surface area contributed by atoms with Crippen LogP contribution < -0.4 is 4.90 Å². The predicted octanol–water partition coefficient (Wildman–Crippen LogP) is 1.27. The molecule has 0 spiro atoms. The van der Waals surface area contributed by atoms with E-state index in [0.717, 1.165) is 18.7 Å². The first kappa shape index (κ1) is 16.0. The van der Waals surface area contributed by atoms with E-state index in [4.69, 9.17) is 4.74 Å². The van der Waals surface area contributed by atoms with Gasteiger partial charge in [0.2, 0.25) is 5.95 Å². The molecule has 2 aromatic heterocycles. The molecule has 0 aliphatic carbocycles. The van der Waals surface area contributed by atoms with Crippen LogP contribution in [0.15, 0.2) is 42.9 Å². The molecule has 2 aromatic rings. The van der Waals surface area contributed by atoms with E-state index in [-0.39, 0.29) is 18.1 Å². The Balaban J connectivity index is 1.41. The molecule has 2 fully saturated rings. The molecule has 0 bridgehead atoms. The second kappa shape index (κ2) is 6.76. The molecule has 4 rings (SSSR count). The van der Waals surface area contributed by atoms with Gasteiger partial charge in [0.05, 0.1) is 24.4 Å². The van der Waals surface area contributed by atoms with Crippen LogP contribution in [0.4, 0.5) is 5.95 Å². The van der Waals surface area contributed by atoms with Crippen molar-refractivity contribution in [3.63, 3.8) is 0 Å². The third kappa shape index (κ3) is 3.19. The van der Waals surface area contributed by atoms with Gasteiger partial charge in [-0.3, -0.25) is 9.78 Å². The number of nitrogens with zero attached hydrogens (tertiary/aromatic N) is 5. The van der Waals surface area contributed by atoms with Crippen LogP contribution in [-0.4, -0.2) is 57.6 Å². The van der Waals surface area contributed by atoms with Crippen LogP contribution in [-0.2, 0) is 16.1 Å². The van der Waals surface area contributed by atoms with E-state index < -0.39 is 6.10 Å². The molecule has 2 aliphatic heterocycles. The van der Waals surface area contributed by atoms with Gasteiger partial charge in [0.25, 0.3) is 5.91 Å². The highest BCUT2D eigenvalue weighted by Gasteiger charge is 2.47. The van der Waals surface area contributed by atoms with Gasteiger partial charge in [0.1, 0.15) is 6.10 Å². The number of fused-ring (bicyclic) bond motifs is 1. The molecule has 130 valence electrons. The Morgan fingerprint density at radius 2 is 2.04 bits per heavy atom. The SMILES string of the molecule is CN(Cc1ccccn1)C(=O)[C@@H]1C[C@H]2[C@H](CCN2c2ncccn2)O1. The molecule has 1 amide bonds. The Kier molecular flexibility index (Phi) is 4.31. The van der Waals surface area contributed by atoms with Crippen LogP contribution in [0.25, 0.3) is 0 Å². The smallest absolute Gasteiger partial charge is 0.251 e. The topological polar surface area (TPSA) is 71.5 Å². The molecular weight excluding hydrogens is 318 g/mol. The van der Waals surface area contributed by atoms with Crippen molar-refractivity contribution in [1.82, 2.24) is 19.9 Å². The average molecular weight is 339 g/mol. The Labute approximate surface area is 146 Å². The number of ether oxygens (including phenoxy) is 1. The summed E-state index contributed by atoms with van der Waals surface area (Å²) in [5.41, 5.74) is 0.871. The molecule has 0 saturated carbocycles. The van der Waals surface area contributed by atoms with Crippen molar-refractivity contribution in [3.05, 3.63) is 48.5 Å².